The van der Waals surface area contributed by atoms with E-state index in [1.54, 1.807) is 12.1 Å². The Kier molecular flexibility index (Phi) is 3.83. The van der Waals surface area contributed by atoms with Crippen LogP contribution in [0.5, 0.6) is 0 Å². The van der Waals surface area contributed by atoms with Crippen LogP contribution >= 0.6 is 0 Å². The number of rotatable bonds is 3. The molecule has 0 heterocycles. The van der Waals surface area contributed by atoms with E-state index in [0.717, 1.165) is 12.1 Å². The Labute approximate surface area is 106 Å². The molecule has 3 heteroatoms. The molecule has 0 aliphatic rings. The fourth-order valence-electron chi connectivity index (χ4n) is 1.57. The van der Waals surface area contributed by atoms with Crippen LogP contribution in [-0.4, -0.2) is 0 Å². The van der Waals surface area contributed by atoms with E-state index >= 15 is 0 Å². The van der Waals surface area contributed by atoms with Gasteiger partial charge in [-0.05, 0) is 36.2 Å². The van der Waals surface area contributed by atoms with Crippen LogP contribution in [0.1, 0.15) is 18.1 Å². The van der Waals surface area contributed by atoms with Gasteiger partial charge in [-0.1, -0.05) is 31.2 Å². The monoisotopic (exact) mass is 235 g/mol. The van der Waals surface area contributed by atoms with Crippen LogP contribution in [0.3, 0.4) is 0 Å². The molecule has 3 nitrogen and oxygen atoms in total. The van der Waals surface area contributed by atoms with Crippen LogP contribution in [0.25, 0.3) is 0 Å². The zero-order chi connectivity index (χ0) is 12.8. The second kappa shape index (κ2) is 5.74. The Morgan fingerprint density at radius 1 is 1.00 bits per heavy atom. The summed E-state index contributed by atoms with van der Waals surface area (Å²) in [7, 11) is 0. The molecule has 0 unspecified atom stereocenters. The molecule has 2 aromatic rings. The van der Waals surface area contributed by atoms with E-state index in [4.69, 9.17) is 5.26 Å². The molecule has 0 aliphatic carbocycles. The van der Waals surface area contributed by atoms with Crippen molar-refractivity contribution in [1.29, 1.82) is 5.26 Å². The number of azo groups is 1. The summed E-state index contributed by atoms with van der Waals surface area (Å²) in [6, 6.07) is 17.2. The van der Waals surface area contributed by atoms with Crippen molar-refractivity contribution in [2.75, 3.05) is 0 Å². The van der Waals surface area contributed by atoms with Gasteiger partial charge in [-0.3, -0.25) is 0 Å². The van der Waals surface area contributed by atoms with E-state index in [2.05, 4.69) is 23.2 Å². The second-order valence-electron chi connectivity index (χ2n) is 3.85. The third kappa shape index (κ3) is 2.80. The lowest BCUT2D eigenvalue weighted by Crippen LogP contribution is -1.76. The standard InChI is InChI=1S/C15H13N3/c1-2-12-7-9-14(10-8-12)17-18-15-6-4-3-5-13(15)11-16/h3-10H,2H2,1H3. The van der Waals surface area contributed by atoms with E-state index in [1.807, 2.05) is 36.4 Å². The zero-order valence-electron chi connectivity index (χ0n) is 10.2. The van der Waals surface area contributed by atoms with Crippen LogP contribution in [0, 0.1) is 11.3 Å². The van der Waals surface area contributed by atoms with E-state index in [-0.39, 0.29) is 0 Å². The summed E-state index contributed by atoms with van der Waals surface area (Å²) in [5.74, 6) is 0. The van der Waals surface area contributed by atoms with Gasteiger partial charge in [0.1, 0.15) is 11.8 Å². The first kappa shape index (κ1) is 12.0. The second-order valence-corrected chi connectivity index (χ2v) is 3.85. The molecule has 0 bridgehead atoms. The highest BCUT2D eigenvalue weighted by Crippen LogP contribution is 2.21. The molecular formula is C15H13N3. The highest BCUT2D eigenvalue weighted by atomic mass is 15.1. The van der Waals surface area contributed by atoms with Crippen molar-refractivity contribution in [1.82, 2.24) is 0 Å². The summed E-state index contributed by atoms with van der Waals surface area (Å²) in [6.45, 7) is 2.11. The van der Waals surface area contributed by atoms with Crippen molar-refractivity contribution in [3.63, 3.8) is 0 Å². The summed E-state index contributed by atoms with van der Waals surface area (Å²) in [5, 5.41) is 17.2. The first-order valence-electron chi connectivity index (χ1n) is 5.83. The molecule has 0 atom stereocenters. The number of aryl methyl sites for hydroxylation is 1. The van der Waals surface area contributed by atoms with E-state index in [9.17, 15) is 0 Å². The smallest absolute Gasteiger partial charge is 0.103 e. The molecule has 0 radical (unpaired) electrons. The van der Waals surface area contributed by atoms with E-state index in [0.29, 0.717) is 11.3 Å². The van der Waals surface area contributed by atoms with Gasteiger partial charge in [0.05, 0.1) is 11.3 Å². The van der Waals surface area contributed by atoms with Crippen LogP contribution in [0.15, 0.2) is 58.8 Å². The SMILES string of the molecule is CCc1ccc(N=Nc2ccccc2C#N)cc1. The van der Waals surface area contributed by atoms with Gasteiger partial charge in [0, 0.05) is 0 Å². The predicted octanol–water partition coefficient (Wildman–Crippen LogP) is 4.54. The molecule has 0 aliphatic heterocycles. The Hall–Kier alpha value is -2.47. The molecule has 2 rings (SSSR count). The van der Waals surface area contributed by atoms with Gasteiger partial charge in [-0.25, -0.2) is 0 Å². The van der Waals surface area contributed by atoms with Gasteiger partial charge >= 0.3 is 0 Å². The van der Waals surface area contributed by atoms with Crippen LogP contribution in [-0.2, 0) is 6.42 Å². The molecule has 0 fully saturated rings. The van der Waals surface area contributed by atoms with Crippen molar-refractivity contribution in [3.05, 3.63) is 59.7 Å². The highest BCUT2D eigenvalue weighted by Gasteiger charge is 1.98. The topological polar surface area (TPSA) is 48.5 Å². The lowest BCUT2D eigenvalue weighted by Gasteiger charge is -1.97. The van der Waals surface area contributed by atoms with E-state index in [1.165, 1.54) is 5.56 Å². The summed E-state index contributed by atoms with van der Waals surface area (Å²) >= 11 is 0. The molecule has 0 saturated carbocycles. The summed E-state index contributed by atoms with van der Waals surface area (Å²) in [6.07, 6.45) is 1.01. The maximum atomic E-state index is 8.93. The Morgan fingerprint density at radius 3 is 2.39 bits per heavy atom. The quantitative estimate of drug-likeness (QED) is 0.720. The lowest BCUT2D eigenvalue weighted by atomic mass is 10.2. The molecule has 0 amide bonds. The first-order chi connectivity index (χ1) is 8.83. The fraction of sp³-hybridized carbons (Fsp3) is 0.133. The van der Waals surface area contributed by atoms with Crippen LogP contribution < -0.4 is 0 Å². The van der Waals surface area contributed by atoms with Gasteiger partial charge in [-0.15, -0.1) is 5.11 Å². The maximum absolute atomic E-state index is 8.93. The maximum Gasteiger partial charge on any atom is 0.103 e. The van der Waals surface area contributed by atoms with Crippen molar-refractivity contribution < 1.29 is 0 Å². The normalized spacial score (nSPS) is 10.4. The van der Waals surface area contributed by atoms with Gasteiger partial charge < -0.3 is 0 Å². The fourth-order valence-corrected chi connectivity index (χ4v) is 1.57. The largest absolute Gasteiger partial charge is 0.192 e. The number of benzene rings is 2. The average Bonchev–Trinajstić information content (AvgIpc) is 2.46. The third-order valence-electron chi connectivity index (χ3n) is 2.64. The molecule has 0 spiro atoms. The van der Waals surface area contributed by atoms with Crippen LogP contribution in [0.2, 0.25) is 0 Å². The summed E-state index contributed by atoms with van der Waals surface area (Å²) in [5.41, 5.74) is 3.19. The van der Waals surface area contributed by atoms with Gasteiger partial charge in [0.15, 0.2) is 0 Å². The van der Waals surface area contributed by atoms with Crippen molar-refractivity contribution in [2.45, 2.75) is 13.3 Å². The first-order valence-corrected chi connectivity index (χ1v) is 5.83. The minimum atomic E-state index is 0.534. The van der Waals surface area contributed by atoms with Gasteiger partial charge in [0.25, 0.3) is 0 Å². The molecule has 0 saturated heterocycles. The summed E-state index contributed by atoms with van der Waals surface area (Å²) in [4.78, 5) is 0. The molecular weight excluding hydrogens is 222 g/mol. The van der Waals surface area contributed by atoms with E-state index < -0.39 is 0 Å². The summed E-state index contributed by atoms with van der Waals surface area (Å²) < 4.78 is 0. The molecule has 2 aromatic carbocycles. The number of nitriles is 1. The predicted molar refractivity (Wildman–Crippen MR) is 71.2 cm³/mol. The molecule has 18 heavy (non-hydrogen) atoms. The Morgan fingerprint density at radius 2 is 1.72 bits per heavy atom. The van der Waals surface area contributed by atoms with Crippen molar-refractivity contribution >= 4 is 11.4 Å². The minimum absolute atomic E-state index is 0.534. The highest BCUT2D eigenvalue weighted by molar-refractivity contribution is 5.52. The van der Waals surface area contributed by atoms with Crippen LogP contribution in [0.4, 0.5) is 11.4 Å². The Balaban J connectivity index is 2.22. The number of nitrogens with zero attached hydrogens (tertiary/aromatic N) is 3. The zero-order valence-corrected chi connectivity index (χ0v) is 10.2. The van der Waals surface area contributed by atoms with Gasteiger partial charge in [0.2, 0.25) is 0 Å². The lowest BCUT2D eigenvalue weighted by molar-refractivity contribution is 1.13. The molecule has 0 aromatic heterocycles. The Bertz CT molecular complexity index is 592. The van der Waals surface area contributed by atoms with Crippen molar-refractivity contribution in [3.8, 4) is 6.07 Å². The number of hydrogen-bond donors (Lipinski definition) is 0. The number of hydrogen-bond acceptors (Lipinski definition) is 3. The average molecular weight is 235 g/mol. The third-order valence-corrected chi connectivity index (χ3v) is 2.64. The molecule has 0 N–H and O–H groups in total. The van der Waals surface area contributed by atoms with Gasteiger partial charge in [-0.2, -0.15) is 10.4 Å². The minimum Gasteiger partial charge on any atom is -0.192 e. The molecule has 88 valence electrons. The van der Waals surface area contributed by atoms with Crippen molar-refractivity contribution in [2.24, 2.45) is 10.2 Å².